The largest absolute Gasteiger partial charge is 0.506 e. The molecule has 0 saturated heterocycles. The van der Waals surface area contributed by atoms with Gasteiger partial charge in [0.2, 0.25) is 5.13 Å². The maximum absolute atomic E-state index is 9.76. The van der Waals surface area contributed by atoms with Crippen LogP contribution < -0.4 is 0 Å². The van der Waals surface area contributed by atoms with Gasteiger partial charge in [-0.3, -0.25) is 0 Å². The van der Waals surface area contributed by atoms with E-state index in [-0.39, 0.29) is 11.2 Å². The molecule has 0 bridgehead atoms. The molecule has 1 aromatic heterocycles. The highest BCUT2D eigenvalue weighted by molar-refractivity contribution is 7.13. The summed E-state index contributed by atoms with van der Waals surface area (Å²) in [5.74, 6) is 0.128. The van der Waals surface area contributed by atoms with Gasteiger partial charge in [-0.2, -0.15) is 0 Å². The topological polar surface area (TPSA) is 57.8 Å². The summed E-state index contributed by atoms with van der Waals surface area (Å²) in [7, 11) is 0. The van der Waals surface area contributed by atoms with Crippen LogP contribution in [0.4, 0.5) is 10.8 Å². The number of phenols is 1. The maximum atomic E-state index is 9.76. The second-order valence-electron chi connectivity index (χ2n) is 4.97. The fourth-order valence-electron chi connectivity index (χ4n) is 1.43. The minimum absolute atomic E-state index is 0.0130. The molecule has 4 nitrogen and oxygen atoms in total. The highest BCUT2D eigenvalue weighted by Gasteiger charge is 2.15. The van der Waals surface area contributed by atoms with Crippen molar-refractivity contribution in [3.8, 4) is 5.75 Å². The molecule has 94 valence electrons. The van der Waals surface area contributed by atoms with E-state index in [4.69, 9.17) is 0 Å². The molecule has 0 saturated carbocycles. The number of hydrogen-bond donors (Lipinski definition) is 1. The molecule has 2 rings (SSSR count). The number of phenolic OH excluding ortho intramolecular Hbond substituents is 1. The van der Waals surface area contributed by atoms with Gasteiger partial charge in [-0.25, -0.2) is 4.98 Å². The number of azo groups is 1. The van der Waals surface area contributed by atoms with E-state index in [9.17, 15) is 5.11 Å². The highest BCUT2D eigenvalue weighted by atomic mass is 32.1. The zero-order chi connectivity index (χ0) is 13.2. The van der Waals surface area contributed by atoms with E-state index < -0.39 is 0 Å². The Kier molecular flexibility index (Phi) is 3.43. The molecule has 0 unspecified atom stereocenters. The van der Waals surface area contributed by atoms with Crippen LogP contribution in [0.1, 0.15) is 26.3 Å². The third kappa shape index (κ3) is 2.92. The summed E-state index contributed by atoms with van der Waals surface area (Å²) < 4.78 is 0. The van der Waals surface area contributed by atoms with Crippen LogP contribution in [-0.2, 0) is 5.41 Å². The Morgan fingerprint density at radius 2 is 2.00 bits per heavy atom. The zero-order valence-electron chi connectivity index (χ0n) is 10.6. The van der Waals surface area contributed by atoms with E-state index in [1.807, 2.05) is 17.5 Å². The van der Waals surface area contributed by atoms with E-state index in [0.717, 1.165) is 5.56 Å². The number of rotatable bonds is 2. The van der Waals surface area contributed by atoms with Crippen molar-refractivity contribution in [1.82, 2.24) is 4.98 Å². The monoisotopic (exact) mass is 261 g/mol. The van der Waals surface area contributed by atoms with Gasteiger partial charge in [-0.15, -0.1) is 21.6 Å². The quantitative estimate of drug-likeness (QED) is 0.805. The molecular formula is C13H15N3OS. The number of hydrogen-bond acceptors (Lipinski definition) is 5. The van der Waals surface area contributed by atoms with Gasteiger partial charge in [0.15, 0.2) is 0 Å². The molecule has 0 spiro atoms. The van der Waals surface area contributed by atoms with E-state index in [2.05, 4.69) is 36.0 Å². The van der Waals surface area contributed by atoms with Crippen LogP contribution in [0.15, 0.2) is 40.0 Å². The second-order valence-corrected chi connectivity index (χ2v) is 5.84. The van der Waals surface area contributed by atoms with E-state index in [1.165, 1.54) is 11.3 Å². The highest BCUT2D eigenvalue weighted by Crippen LogP contribution is 2.33. The Balaban J connectivity index is 2.33. The first kappa shape index (κ1) is 12.7. The van der Waals surface area contributed by atoms with Crippen molar-refractivity contribution in [3.05, 3.63) is 35.3 Å². The normalized spacial score (nSPS) is 12.2. The van der Waals surface area contributed by atoms with Gasteiger partial charge in [-0.05, 0) is 23.1 Å². The van der Waals surface area contributed by atoms with E-state index in [0.29, 0.717) is 10.8 Å². The Labute approximate surface area is 110 Å². The van der Waals surface area contributed by atoms with Crippen molar-refractivity contribution >= 4 is 22.2 Å². The van der Waals surface area contributed by atoms with Gasteiger partial charge in [0, 0.05) is 11.6 Å². The zero-order valence-corrected chi connectivity index (χ0v) is 11.4. The molecular weight excluding hydrogens is 246 g/mol. The summed E-state index contributed by atoms with van der Waals surface area (Å²) in [5.41, 5.74) is 1.59. The van der Waals surface area contributed by atoms with Crippen LogP contribution in [0.3, 0.4) is 0 Å². The van der Waals surface area contributed by atoms with Gasteiger partial charge < -0.3 is 5.11 Å². The van der Waals surface area contributed by atoms with Crippen LogP contribution in [0.2, 0.25) is 0 Å². The Morgan fingerprint density at radius 1 is 1.22 bits per heavy atom. The maximum Gasteiger partial charge on any atom is 0.229 e. The van der Waals surface area contributed by atoms with Crippen LogP contribution in [0, 0.1) is 0 Å². The standard InChI is InChI=1S/C13H15N3OS/c1-13(2,3)9-4-5-11(17)10(8-9)15-16-12-14-6-7-18-12/h4-8,17H,1-3H3/b16-15+. The minimum atomic E-state index is 0.0130. The van der Waals surface area contributed by atoms with Crippen molar-refractivity contribution in [2.24, 2.45) is 10.2 Å². The molecule has 1 aromatic carbocycles. The fourth-order valence-corrected chi connectivity index (χ4v) is 1.89. The lowest BCUT2D eigenvalue weighted by Crippen LogP contribution is -2.10. The first-order valence-electron chi connectivity index (χ1n) is 5.61. The van der Waals surface area contributed by atoms with Gasteiger partial charge in [0.25, 0.3) is 0 Å². The number of nitrogens with zero attached hydrogens (tertiary/aromatic N) is 3. The Morgan fingerprint density at radius 3 is 2.61 bits per heavy atom. The number of aromatic hydroxyl groups is 1. The summed E-state index contributed by atoms with van der Waals surface area (Å²) in [6, 6.07) is 5.40. The number of aromatic nitrogens is 1. The van der Waals surface area contributed by atoms with Gasteiger partial charge >= 0.3 is 0 Å². The van der Waals surface area contributed by atoms with E-state index in [1.54, 1.807) is 12.3 Å². The first-order valence-corrected chi connectivity index (χ1v) is 6.49. The van der Waals surface area contributed by atoms with Crippen molar-refractivity contribution < 1.29 is 5.11 Å². The Bertz CT molecular complexity index is 556. The molecule has 0 amide bonds. The van der Waals surface area contributed by atoms with Crippen molar-refractivity contribution in [1.29, 1.82) is 0 Å². The van der Waals surface area contributed by atoms with Gasteiger partial charge in [0.1, 0.15) is 11.4 Å². The lowest BCUT2D eigenvalue weighted by Gasteiger charge is -2.19. The third-order valence-electron chi connectivity index (χ3n) is 2.50. The predicted octanol–water partition coefficient (Wildman–Crippen LogP) is 4.56. The molecule has 1 heterocycles. The second kappa shape index (κ2) is 4.86. The number of thiazole rings is 1. The smallest absolute Gasteiger partial charge is 0.229 e. The van der Waals surface area contributed by atoms with Crippen molar-refractivity contribution in [2.75, 3.05) is 0 Å². The molecule has 0 fully saturated rings. The molecule has 0 aliphatic carbocycles. The average Bonchev–Trinajstić information content (AvgIpc) is 2.79. The molecule has 0 aliphatic rings. The van der Waals surface area contributed by atoms with Crippen LogP contribution in [0.5, 0.6) is 5.75 Å². The molecule has 0 radical (unpaired) electrons. The Hall–Kier alpha value is -1.75. The summed E-state index contributed by atoms with van der Waals surface area (Å²) in [5, 5.41) is 20.2. The molecule has 0 atom stereocenters. The third-order valence-corrected chi connectivity index (χ3v) is 3.16. The van der Waals surface area contributed by atoms with Crippen LogP contribution in [0.25, 0.3) is 0 Å². The van der Waals surface area contributed by atoms with Crippen molar-refractivity contribution in [2.45, 2.75) is 26.2 Å². The van der Waals surface area contributed by atoms with Crippen molar-refractivity contribution in [3.63, 3.8) is 0 Å². The average molecular weight is 261 g/mol. The molecule has 5 heteroatoms. The van der Waals surface area contributed by atoms with Gasteiger partial charge in [0.05, 0.1) is 0 Å². The summed E-state index contributed by atoms with van der Waals surface area (Å²) >= 11 is 1.40. The fraction of sp³-hybridized carbons (Fsp3) is 0.308. The van der Waals surface area contributed by atoms with Crippen LogP contribution >= 0.6 is 11.3 Å². The first-order chi connectivity index (χ1) is 8.47. The molecule has 2 aromatic rings. The lowest BCUT2D eigenvalue weighted by molar-refractivity contribution is 0.475. The summed E-state index contributed by atoms with van der Waals surface area (Å²) in [4.78, 5) is 4.01. The predicted molar refractivity (Wildman–Crippen MR) is 73.1 cm³/mol. The summed E-state index contributed by atoms with van der Waals surface area (Å²) in [6.45, 7) is 6.34. The molecule has 1 N–H and O–H groups in total. The lowest BCUT2D eigenvalue weighted by atomic mass is 9.87. The van der Waals surface area contributed by atoms with Gasteiger partial charge in [-0.1, -0.05) is 26.8 Å². The molecule has 18 heavy (non-hydrogen) atoms. The molecule has 0 aliphatic heterocycles. The number of benzene rings is 1. The van der Waals surface area contributed by atoms with Crippen LogP contribution in [-0.4, -0.2) is 10.1 Å². The van der Waals surface area contributed by atoms with E-state index >= 15 is 0 Å². The minimum Gasteiger partial charge on any atom is -0.506 e. The SMILES string of the molecule is CC(C)(C)c1ccc(O)c(/N=N/c2nccs2)c1. The summed E-state index contributed by atoms with van der Waals surface area (Å²) in [6.07, 6.45) is 1.67.